The van der Waals surface area contributed by atoms with Crippen molar-refractivity contribution < 1.29 is 9.90 Å². The van der Waals surface area contributed by atoms with Crippen molar-refractivity contribution in [2.45, 2.75) is 12.8 Å². The van der Waals surface area contributed by atoms with E-state index in [1.54, 1.807) is 11.3 Å². The van der Waals surface area contributed by atoms with Gasteiger partial charge >= 0.3 is 5.97 Å². The first kappa shape index (κ1) is 22.1. The maximum atomic E-state index is 11.4. The predicted molar refractivity (Wildman–Crippen MR) is 138 cm³/mol. The zero-order valence-corrected chi connectivity index (χ0v) is 19.6. The molecule has 0 atom stereocenters. The van der Waals surface area contributed by atoms with Gasteiger partial charge in [0.25, 0.3) is 0 Å². The van der Waals surface area contributed by atoms with Gasteiger partial charge in [0.1, 0.15) is 10.7 Å². The SMILES string of the molecule is O=C(O)CCC(=Cc1cn(-c2ccccc2)nc1-c1cccc(Cl)c1)c1nc2ccccc2s1. The zero-order chi connectivity index (χ0) is 23.5. The molecule has 2 aromatic heterocycles. The molecule has 0 radical (unpaired) electrons. The number of carbonyl (C=O) groups is 1. The van der Waals surface area contributed by atoms with E-state index in [-0.39, 0.29) is 6.42 Å². The van der Waals surface area contributed by atoms with Gasteiger partial charge in [0.2, 0.25) is 0 Å². The Balaban J connectivity index is 1.67. The number of benzene rings is 3. The van der Waals surface area contributed by atoms with Crippen molar-refractivity contribution in [2.75, 3.05) is 0 Å². The minimum absolute atomic E-state index is 0.0150. The highest BCUT2D eigenvalue weighted by Crippen LogP contribution is 2.34. The van der Waals surface area contributed by atoms with Crippen LogP contribution in [0, 0.1) is 0 Å². The van der Waals surface area contributed by atoms with Crippen LogP contribution in [0.15, 0.2) is 85.1 Å². The Morgan fingerprint density at radius 1 is 1.00 bits per heavy atom. The number of aromatic nitrogens is 3. The van der Waals surface area contributed by atoms with Gasteiger partial charge in [0.15, 0.2) is 0 Å². The van der Waals surface area contributed by atoms with Gasteiger partial charge in [0.05, 0.1) is 15.9 Å². The molecule has 0 spiro atoms. The summed E-state index contributed by atoms with van der Waals surface area (Å²) in [5.74, 6) is -0.845. The van der Waals surface area contributed by atoms with Crippen LogP contribution in [-0.2, 0) is 4.79 Å². The van der Waals surface area contributed by atoms with Crippen molar-refractivity contribution in [3.63, 3.8) is 0 Å². The lowest BCUT2D eigenvalue weighted by Crippen LogP contribution is -1.95. The number of carboxylic acid groups (broad SMARTS) is 1. The molecular weight excluding hydrogens is 466 g/mol. The lowest BCUT2D eigenvalue weighted by Gasteiger charge is -2.04. The molecule has 0 aliphatic rings. The number of thiazole rings is 1. The van der Waals surface area contributed by atoms with E-state index in [2.05, 4.69) is 0 Å². The van der Waals surface area contributed by atoms with Crippen molar-refractivity contribution in [3.05, 3.63) is 101 Å². The Kier molecular flexibility index (Phi) is 6.25. The Morgan fingerprint density at radius 3 is 2.56 bits per heavy atom. The number of fused-ring (bicyclic) bond motifs is 1. The average Bonchev–Trinajstić information content (AvgIpc) is 3.46. The average molecular weight is 486 g/mol. The number of para-hydroxylation sites is 2. The normalized spacial score (nSPS) is 11.7. The molecule has 5 nitrogen and oxygen atoms in total. The fraction of sp³-hybridized carbons (Fsp3) is 0.0741. The molecular formula is C27H20ClN3O2S. The highest BCUT2D eigenvalue weighted by Gasteiger charge is 2.16. The van der Waals surface area contributed by atoms with Crippen molar-refractivity contribution >= 4 is 50.8 Å². The topological polar surface area (TPSA) is 68.0 Å². The molecule has 0 aliphatic carbocycles. The number of halogens is 1. The molecule has 5 rings (SSSR count). The highest BCUT2D eigenvalue weighted by atomic mass is 35.5. The molecule has 0 amide bonds. The van der Waals surface area contributed by atoms with Crippen LogP contribution in [-0.4, -0.2) is 25.8 Å². The zero-order valence-electron chi connectivity index (χ0n) is 18.1. The maximum Gasteiger partial charge on any atom is 0.303 e. The fourth-order valence-electron chi connectivity index (χ4n) is 3.75. The fourth-order valence-corrected chi connectivity index (χ4v) is 4.95. The third-order valence-electron chi connectivity index (χ3n) is 5.37. The van der Waals surface area contributed by atoms with Crippen LogP contribution in [0.4, 0.5) is 0 Å². The molecule has 3 aromatic carbocycles. The summed E-state index contributed by atoms with van der Waals surface area (Å²) < 4.78 is 2.89. The summed E-state index contributed by atoms with van der Waals surface area (Å²) in [6.45, 7) is 0. The van der Waals surface area contributed by atoms with Crippen LogP contribution in [0.3, 0.4) is 0 Å². The number of carboxylic acids is 1. The third-order valence-corrected chi connectivity index (χ3v) is 6.71. The first-order valence-corrected chi connectivity index (χ1v) is 12.0. The summed E-state index contributed by atoms with van der Waals surface area (Å²) >= 11 is 7.84. The second kappa shape index (κ2) is 9.63. The van der Waals surface area contributed by atoms with E-state index in [0.717, 1.165) is 43.3 Å². The standard InChI is InChI=1S/C27H20ClN3O2S/c28-21-8-6-7-18(16-21)26-20(17-31(30-26)22-9-2-1-3-10-22)15-19(13-14-25(32)33)27-29-23-11-4-5-12-24(23)34-27/h1-12,15-17H,13-14H2,(H,32,33). The molecule has 168 valence electrons. The number of aliphatic carboxylic acids is 1. The summed E-state index contributed by atoms with van der Waals surface area (Å²) in [4.78, 5) is 16.2. The largest absolute Gasteiger partial charge is 0.481 e. The summed E-state index contributed by atoms with van der Waals surface area (Å²) in [6.07, 6.45) is 4.34. The van der Waals surface area contributed by atoms with Crippen LogP contribution in [0.25, 0.3) is 38.8 Å². The lowest BCUT2D eigenvalue weighted by atomic mass is 10.0. The number of allylic oxidation sites excluding steroid dienone is 1. The molecule has 0 bridgehead atoms. The maximum absolute atomic E-state index is 11.4. The second-order valence-corrected chi connectivity index (χ2v) is 9.24. The molecule has 0 fully saturated rings. The van der Waals surface area contributed by atoms with Crippen LogP contribution >= 0.6 is 22.9 Å². The molecule has 7 heteroatoms. The first-order valence-electron chi connectivity index (χ1n) is 10.8. The molecule has 1 N–H and O–H groups in total. The Labute approximate surface area is 205 Å². The van der Waals surface area contributed by atoms with Gasteiger partial charge in [-0.2, -0.15) is 5.10 Å². The Morgan fingerprint density at radius 2 is 1.79 bits per heavy atom. The van der Waals surface area contributed by atoms with E-state index in [4.69, 9.17) is 21.7 Å². The lowest BCUT2D eigenvalue weighted by molar-refractivity contribution is -0.136. The number of hydrogen-bond acceptors (Lipinski definition) is 4. The minimum atomic E-state index is -0.845. The van der Waals surface area contributed by atoms with Crippen LogP contribution in [0.5, 0.6) is 0 Å². The van der Waals surface area contributed by atoms with Gasteiger partial charge in [-0.15, -0.1) is 11.3 Å². The van der Waals surface area contributed by atoms with E-state index < -0.39 is 5.97 Å². The van der Waals surface area contributed by atoms with E-state index >= 15 is 0 Å². The van der Waals surface area contributed by atoms with Crippen LogP contribution in [0.2, 0.25) is 5.02 Å². The smallest absolute Gasteiger partial charge is 0.303 e. The van der Waals surface area contributed by atoms with E-state index in [9.17, 15) is 9.90 Å². The van der Waals surface area contributed by atoms with Crippen molar-refractivity contribution in [1.29, 1.82) is 0 Å². The Hall–Kier alpha value is -3.74. The summed E-state index contributed by atoms with van der Waals surface area (Å²) in [5.41, 5.74) is 5.21. The molecule has 0 saturated heterocycles. The monoisotopic (exact) mass is 485 g/mol. The number of rotatable bonds is 7. The van der Waals surface area contributed by atoms with Crippen LogP contribution in [0.1, 0.15) is 23.4 Å². The van der Waals surface area contributed by atoms with Gasteiger partial charge in [-0.3, -0.25) is 4.79 Å². The summed E-state index contributed by atoms with van der Waals surface area (Å²) in [6, 6.07) is 25.4. The van der Waals surface area contributed by atoms with E-state index in [1.807, 2.05) is 95.8 Å². The van der Waals surface area contributed by atoms with E-state index in [1.165, 1.54) is 0 Å². The molecule has 0 aliphatic heterocycles. The number of hydrogen-bond donors (Lipinski definition) is 1. The van der Waals surface area contributed by atoms with Gasteiger partial charge in [-0.1, -0.05) is 54.1 Å². The molecule has 5 aromatic rings. The predicted octanol–water partition coefficient (Wildman–Crippen LogP) is 7.21. The van der Waals surface area contributed by atoms with Gasteiger partial charge in [0, 0.05) is 28.8 Å². The highest BCUT2D eigenvalue weighted by molar-refractivity contribution is 7.19. The summed E-state index contributed by atoms with van der Waals surface area (Å²) in [5, 5.41) is 15.6. The second-order valence-electron chi connectivity index (χ2n) is 7.77. The van der Waals surface area contributed by atoms with Gasteiger partial charge < -0.3 is 5.11 Å². The minimum Gasteiger partial charge on any atom is -0.481 e. The third kappa shape index (κ3) is 4.78. The quantitative estimate of drug-likeness (QED) is 0.264. The van der Waals surface area contributed by atoms with Crippen molar-refractivity contribution in [3.8, 4) is 16.9 Å². The van der Waals surface area contributed by atoms with Crippen molar-refractivity contribution in [2.24, 2.45) is 0 Å². The summed E-state index contributed by atoms with van der Waals surface area (Å²) in [7, 11) is 0. The number of nitrogens with zero attached hydrogens (tertiary/aromatic N) is 3. The van der Waals surface area contributed by atoms with Gasteiger partial charge in [-0.05, 0) is 54.5 Å². The Bertz CT molecular complexity index is 1470. The first-order chi connectivity index (χ1) is 16.6. The molecule has 0 saturated carbocycles. The van der Waals surface area contributed by atoms with E-state index in [0.29, 0.717) is 11.4 Å². The molecule has 0 unspecified atom stereocenters. The molecule has 34 heavy (non-hydrogen) atoms. The van der Waals surface area contributed by atoms with Crippen molar-refractivity contribution in [1.82, 2.24) is 14.8 Å². The van der Waals surface area contributed by atoms with Crippen LogP contribution < -0.4 is 0 Å². The molecule has 2 heterocycles. The van der Waals surface area contributed by atoms with Gasteiger partial charge in [-0.25, -0.2) is 9.67 Å².